The maximum absolute atomic E-state index is 12.5. The van der Waals surface area contributed by atoms with Crippen LogP contribution in [-0.2, 0) is 4.79 Å². The van der Waals surface area contributed by atoms with Gasteiger partial charge < -0.3 is 14.8 Å². The van der Waals surface area contributed by atoms with Crippen LogP contribution in [0.1, 0.15) is 27.7 Å². The zero-order valence-electron chi connectivity index (χ0n) is 18.5. The molecular weight excluding hydrogens is 412 g/mol. The fourth-order valence-corrected chi connectivity index (χ4v) is 3.88. The summed E-state index contributed by atoms with van der Waals surface area (Å²) >= 11 is 1.37. The van der Waals surface area contributed by atoms with Gasteiger partial charge in [0.05, 0.1) is 19.0 Å². The maximum atomic E-state index is 12.5. The summed E-state index contributed by atoms with van der Waals surface area (Å²) in [5.41, 5.74) is 1.75. The number of thioether (sulfide) groups is 1. The number of carbonyl (C=O) groups is 1. The molecule has 0 saturated carbocycles. The van der Waals surface area contributed by atoms with E-state index in [-0.39, 0.29) is 17.2 Å². The molecule has 1 unspecified atom stereocenters. The van der Waals surface area contributed by atoms with Crippen molar-refractivity contribution in [3.8, 4) is 28.6 Å². The van der Waals surface area contributed by atoms with E-state index in [1.165, 1.54) is 11.8 Å². The quantitative estimate of drug-likeness (QED) is 0.499. The van der Waals surface area contributed by atoms with Crippen molar-refractivity contribution in [3.05, 3.63) is 48.5 Å². The van der Waals surface area contributed by atoms with Crippen LogP contribution in [0.5, 0.6) is 11.5 Å². The van der Waals surface area contributed by atoms with E-state index in [9.17, 15) is 4.79 Å². The van der Waals surface area contributed by atoms with Gasteiger partial charge in [-0.25, -0.2) is 0 Å². The summed E-state index contributed by atoms with van der Waals surface area (Å²) in [7, 11) is 1.63. The van der Waals surface area contributed by atoms with Gasteiger partial charge in [0.15, 0.2) is 11.0 Å². The van der Waals surface area contributed by atoms with Gasteiger partial charge in [-0.15, -0.1) is 10.2 Å². The summed E-state index contributed by atoms with van der Waals surface area (Å²) in [6.07, 6.45) is 0. The van der Waals surface area contributed by atoms with Crippen molar-refractivity contribution < 1.29 is 14.3 Å². The van der Waals surface area contributed by atoms with E-state index in [2.05, 4.69) is 15.5 Å². The highest BCUT2D eigenvalue weighted by Gasteiger charge is 2.22. The summed E-state index contributed by atoms with van der Waals surface area (Å²) < 4.78 is 12.9. The van der Waals surface area contributed by atoms with E-state index in [4.69, 9.17) is 9.47 Å². The van der Waals surface area contributed by atoms with Crippen LogP contribution < -0.4 is 14.8 Å². The fourth-order valence-electron chi connectivity index (χ4n) is 3.00. The maximum Gasteiger partial charge on any atom is 0.233 e. The van der Waals surface area contributed by atoms with Gasteiger partial charge in [-0.3, -0.25) is 9.36 Å². The second kappa shape index (κ2) is 10.3. The highest BCUT2D eigenvalue weighted by Crippen LogP contribution is 2.32. The largest absolute Gasteiger partial charge is 0.497 e. The van der Waals surface area contributed by atoms with Crippen molar-refractivity contribution in [2.75, 3.05) is 13.7 Å². The lowest BCUT2D eigenvalue weighted by molar-refractivity contribution is -0.120. The normalized spacial score (nSPS) is 11.9. The topological polar surface area (TPSA) is 78.3 Å². The first-order chi connectivity index (χ1) is 14.9. The molecule has 0 aliphatic rings. The summed E-state index contributed by atoms with van der Waals surface area (Å²) in [5, 5.41) is 12.1. The second-order valence-electron chi connectivity index (χ2n) is 7.22. The lowest BCUT2D eigenvalue weighted by atomic mass is 10.2. The first-order valence-corrected chi connectivity index (χ1v) is 11.1. The molecule has 0 bridgehead atoms. The molecule has 0 saturated heterocycles. The number of hydrogen-bond donors (Lipinski definition) is 1. The van der Waals surface area contributed by atoms with Gasteiger partial charge in [0.1, 0.15) is 11.5 Å². The number of carbonyl (C=O) groups excluding carboxylic acids is 1. The smallest absolute Gasteiger partial charge is 0.233 e. The molecule has 3 rings (SSSR count). The third kappa shape index (κ3) is 5.58. The summed E-state index contributed by atoms with van der Waals surface area (Å²) in [6.45, 7) is 8.31. The highest BCUT2D eigenvalue weighted by molar-refractivity contribution is 8.00. The number of amides is 1. The van der Waals surface area contributed by atoms with Gasteiger partial charge in [0.25, 0.3) is 0 Å². The van der Waals surface area contributed by atoms with Crippen LogP contribution in [0.4, 0.5) is 0 Å². The van der Waals surface area contributed by atoms with E-state index in [0.717, 1.165) is 22.7 Å². The SMILES string of the molecule is CCOc1ccc(-n2c(SC(C)C(=O)NC(C)C)nnc2-c2cccc(OC)c2)cc1. The van der Waals surface area contributed by atoms with Crippen molar-refractivity contribution in [2.45, 2.75) is 44.1 Å². The molecule has 3 aromatic rings. The number of ether oxygens (including phenoxy) is 2. The summed E-state index contributed by atoms with van der Waals surface area (Å²) in [4.78, 5) is 12.5. The molecule has 7 nitrogen and oxygen atoms in total. The first kappa shape index (κ1) is 22.7. The van der Waals surface area contributed by atoms with E-state index in [1.54, 1.807) is 7.11 Å². The molecule has 1 N–H and O–H groups in total. The molecule has 0 aliphatic heterocycles. The first-order valence-electron chi connectivity index (χ1n) is 10.2. The van der Waals surface area contributed by atoms with E-state index < -0.39 is 0 Å². The average molecular weight is 441 g/mol. The fraction of sp³-hybridized carbons (Fsp3) is 0.348. The van der Waals surface area contributed by atoms with Crippen LogP contribution in [0.25, 0.3) is 17.1 Å². The second-order valence-corrected chi connectivity index (χ2v) is 8.53. The molecular formula is C23H28N4O3S. The number of nitrogens with one attached hydrogen (secondary N) is 1. The van der Waals surface area contributed by atoms with Crippen molar-refractivity contribution >= 4 is 17.7 Å². The minimum absolute atomic E-state index is 0.0378. The van der Waals surface area contributed by atoms with Crippen molar-refractivity contribution in [1.82, 2.24) is 20.1 Å². The third-order valence-corrected chi connectivity index (χ3v) is 5.49. The summed E-state index contributed by atoms with van der Waals surface area (Å²) in [5.74, 6) is 2.16. The number of rotatable bonds is 9. The zero-order valence-corrected chi connectivity index (χ0v) is 19.3. The van der Waals surface area contributed by atoms with Gasteiger partial charge in [0.2, 0.25) is 5.91 Å². The molecule has 1 amide bonds. The number of methoxy groups -OCH3 is 1. The van der Waals surface area contributed by atoms with Gasteiger partial charge >= 0.3 is 0 Å². The Hall–Kier alpha value is -3.00. The van der Waals surface area contributed by atoms with Gasteiger partial charge in [-0.1, -0.05) is 23.9 Å². The monoisotopic (exact) mass is 440 g/mol. The van der Waals surface area contributed by atoms with Crippen LogP contribution >= 0.6 is 11.8 Å². The van der Waals surface area contributed by atoms with Crippen LogP contribution in [0.3, 0.4) is 0 Å². The zero-order chi connectivity index (χ0) is 22.4. The van der Waals surface area contributed by atoms with Crippen molar-refractivity contribution in [1.29, 1.82) is 0 Å². The van der Waals surface area contributed by atoms with E-state index in [0.29, 0.717) is 17.6 Å². The van der Waals surface area contributed by atoms with E-state index >= 15 is 0 Å². The molecule has 0 radical (unpaired) electrons. The third-order valence-electron chi connectivity index (χ3n) is 4.45. The molecule has 31 heavy (non-hydrogen) atoms. The van der Waals surface area contributed by atoms with Crippen molar-refractivity contribution in [2.24, 2.45) is 0 Å². The summed E-state index contributed by atoms with van der Waals surface area (Å²) in [6, 6.07) is 15.5. The predicted octanol–water partition coefficient (Wildman–Crippen LogP) is 4.35. The lowest BCUT2D eigenvalue weighted by Crippen LogP contribution is -2.36. The number of nitrogens with zero attached hydrogens (tertiary/aromatic N) is 3. The molecule has 164 valence electrons. The standard InChI is InChI=1S/C23H28N4O3S/c1-6-30-19-12-10-18(11-13-19)27-21(17-8-7-9-20(14-17)29-5)25-26-23(27)31-16(4)22(28)24-15(2)3/h7-16H,6H2,1-5H3,(H,24,28). The lowest BCUT2D eigenvalue weighted by Gasteiger charge is -2.15. The number of hydrogen-bond acceptors (Lipinski definition) is 6. The van der Waals surface area contributed by atoms with Crippen molar-refractivity contribution in [3.63, 3.8) is 0 Å². The van der Waals surface area contributed by atoms with E-state index in [1.807, 2.05) is 80.8 Å². The molecule has 0 fully saturated rings. The molecule has 0 aliphatic carbocycles. The molecule has 1 heterocycles. The molecule has 2 aromatic carbocycles. The van der Waals surface area contributed by atoms with Gasteiger partial charge in [0, 0.05) is 17.3 Å². The Labute approximate surface area is 187 Å². The molecule has 8 heteroatoms. The molecule has 0 spiro atoms. The molecule has 1 atom stereocenters. The Kier molecular flexibility index (Phi) is 7.57. The number of aromatic nitrogens is 3. The predicted molar refractivity (Wildman–Crippen MR) is 123 cm³/mol. The number of benzene rings is 2. The van der Waals surface area contributed by atoms with Crippen LogP contribution in [-0.4, -0.2) is 45.7 Å². The molecule has 1 aromatic heterocycles. The average Bonchev–Trinajstić information content (AvgIpc) is 3.17. The Morgan fingerprint density at radius 2 is 1.84 bits per heavy atom. The Balaban J connectivity index is 2.02. The van der Waals surface area contributed by atoms with Gasteiger partial charge in [-0.05, 0) is 64.1 Å². The van der Waals surface area contributed by atoms with Crippen LogP contribution in [0.15, 0.2) is 53.7 Å². The van der Waals surface area contributed by atoms with Crippen LogP contribution in [0.2, 0.25) is 0 Å². The Bertz CT molecular complexity index is 1020. The Morgan fingerprint density at radius 1 is 1.10 bits per heavy atom. The Morgan fingerprint density at radius 3 is 2.48 bits per heavy atom. The minimum atomic E-state index is -0.328. The van der Waals surface area contributed by atoms with Crippen LogP contribution in [0, 0.1) is 0 Å². The minimum Gasteiger partial charge on any atom is -0.497 e. The van der Waals surface area contributed by atoms with Gasteiger partial charge in [-0.2, -0.15) is 0 Å². The highest BCUT2D eigenvalue weighted by atomic mass is 32.2.